The first-order valence-corrected chi connectivity index (χ1v) is 3.15. The zero-order valence-electron chi connectivity index (χ0n) is 5.37. The normalized spacial score (nSPS) is 9.45. The minimum Gasteiger partial charge on any atom is -0.341 e. The standard InChI is InChI=1S/C5H4N4S.W/c10-5-3-4(7-1-6-3)8-2-9-5;/h1-2H,(H2,6,7,8,9,10);. The van der Waals surface area contributed by atoms with Gasteiger partial charge in [0, 0.05) is 21.1 Å². The molecule has 0 aromatic carbocycles. The van der Waals surface area contributed by atoms with E-state index in [1.54, 1.807) is 6.33 Å². The van der Waals surface area contributed by atoms with Gasteiger partial charge in [-0.1, -0.05) is 12.2 Å². The largest absolute Gasteiger partial charge is 0.341 e. The molecule has 0 aliphatic heterocycles. The van der Waals surface area contributed by atoms with Crippen molar-refractivity contribution in [2.45, 2.75) is 0 Å². The third-order valence-corrected chi connectivity index (χ3v) is 1.55. The van der Waals surface area contributed by atoms with Crippen LogP contribution in [0.15, 0.2) is 12.7 Å². The smallest absolute Gasteiger partial charge is 0.159 e. The van der Waals surface area contributed by atoms with Crippen LogP contribution >= 0.6 is 12.2 Å². The van der Waals surface area contributed by atoms with Gasteiger partial charge in [-0.15, -0.1) is 0 Å². The number of hydrogen-bond acceptors (Lipinski definition) is 3. The Bertz CT molecular complexity index is 406. The summed E-state index contributed by atoms with van der Waals surface area (Å²) >= 11 is 4.91. The van der Waals surface area contributed by atoms with Crippen LogP contribution in [0, 0.1) is 4.64 Å². The molecule has 0 atom stereocenters. The first-order valence-electron chi connectivity index (χ1n) is 2.75. The number of nitrogens with one attached hydrogen (secondary N) is 2. The zero-order valence-corrected chi connectivity index (χ0v) is 9.12. The first kappa shape index (κ1) is 8.55. The van der Waals surface area contributed by atoms with Gasteiger partial charge in [-0.25, -0.2) is 9.97 Å². The van der Waals surface area contributed by atoms with Crippen molar-refractivity contribution in [1.82, 2.24) is 19.9 Å². The van der Waals surface area contributed by atoms with E-state index in [-0.39, 0.29) is 21.1 Å². The Labute approximate surface area is 81.7 Å². The molecule has 0 fully saturated rings. The second-order valence-electron chi connectivity index (χ2n) is 1.83. The first-order chi connectivity index (χ1) is 4.88. The van der Waals surface area contributed by atoms with Gasteiger partial charge in [0.05, 0.1) is 12.7 Å². The van der Waals surface area contributed by atoms with E-state index in [2.05, 4.69) is 19.9 Å². The number of rotatable bonds is 0. The molecular formula is C5H4N4SW. The minimum absolute atomic E-state index is 0. The molecule has 4 nitrogen and oxygen atoms in total. The summed E-state index contributed by atoms with van der Waals surface area (Å²) in [6.45, 7) is 0. The molecule has 56 valence electrons. The SMILES string of the molecule is S=c1nc[nH]c2nc[nH]c12.[W]. The van der Waals surface area contributed by atoms with Crippen LogP contribution in [0.1, 0.15) is 0 Å². The van der Waals surface area contributed by atoms with E-state index in [0.29, 0.717) is 4.64 Å². The maximum absolute atomic E-state index is 4.91. The molecule has 0 spiro atoms. The molecule has 0 saturated carbocycles. The topological polar surface area (TPSA) is 57.4 Å². The van der Waals surface area contributed by atoms with E-state index < -0.39 is 0 Å². The summed E-state index contributed by atoms with van der Waals surface area (Å²) in [6, 6.07) is 0. The van der Waals surface area contributed by atoms with Crippen LogP contribution in [0.2, 0.25) is 0 Å². The summed E-state index contributed by atoms with van der Waals surface area (Å²) in [5, 5.41) is 0. The number of fused-ring (bicyclic) bond motifs is 1. The van der Waals surface area contributed by atoms with Crippen molar-refractivity contribution in [3.63, 3.8) is 0 Å². The molecule has 0 bridgehead atoms. The molecule has 0 saturated heterocycles. The van der Waals surface area contributed by atoms with Gasteiger partial charge in [-0.3, -0.25) is 0 Å². The average Bonchev–Trinajstić information content (AvgIpc) is 2.36. The van der Waals surface area contributed by atoms with Gasteiger partial charge in [0.25, 0.3) is 0 Å². The summed E-state index contributed by atoms with van der Waals surface area (Å²) in [5.41, 5.74) is 1.54. The summed E-state index contributed by atoms with van der Waals surface area (Å²) in [7, 11) is 0. The molecule has 2 N–H and O–H groups in total. The van der Waals surface area contributed by atoms with E-state index in [1.807, 2.05) is 0 Å². The third-order valence-electron chi connectivity index (χ3n) is 1.24. The Balaban J connectivity index is 0.000000605. The van der Waals surface area contributed by atoms with Crippen molar-refractivity contribution < 1.29 is 21.1 Å². The van der Waals surface area contributed by atoms with Crippen molar-refractivity contribution in [2.24, 2.45) is 0 Å². The van der Waals surface area contributed by atoms with Crippen LogP contribution in [0.25, 0.3) is 11.2 Å². The quantitative estimate of drug-likeness (QED) is 0.706. The van der Waals surface area contributed by atoms with Gasteiger partial charge in [0.2, 0.25) is 0 Å². The number of aromatic nitrogens is 4. The summed E-state index contributed by atoms with van der Waals surface area (Å²) < 4.78 is 0.547. The maximum Gasteiger partial charge on any atom is 0.159 e. The van der Waals surface area contributed by atoms with Crippen LogP contribution in [0.4, 0.5) is 0 Å². The molecule has 0 amide bonds. The Morgan fingerprint density at radius 3 is 2.64 bits per heavy atom. The van der Waals surface area contributed by atoms with Crippen molar-refractivity contribution in [2.75, 3.05) is 0 Å². The monoisotopic (exact) mass is 336 g/mol. The van der Waals surface area contributed by atoms with E-state index in [1.165, 1.54) is 6.33 Å². The summed E-state index contributed by atoms with van der Waals surface area (Å²) in [4.78, 5) is 13.6. The number of hydrogen-bond donors (Lipinski definition) is 2. The minimum atomic E-state index is 0. The molecule has 6 heteroatoms. The maximum atomic E-state index is 4.91. The molecule has 2 rings (SSSR count). The second kappa shape index (κ2) is 3.24. The van der Waals surface area contributed by atoms with Crippen molar-refractivity contribution in [1.29, 1.82) is 0 Å². The number of nitrogens with zero attached hydrogens (tertiary/aromatic N) is 2. The van der Waals surface area contributed by atoms with Gasteiger partial charge in [-0.05, 0) is 0 Å². The Kier molecular flexibility index (Phi) is 2.52. The Hall–Kier alpha value is -0.542. The molecule has 2 heterocycles. The summed E-state index contributed by atoms with van der Waals surface area (Å²) in [6.07, 6.45) is 3.12. The predicted molar refractivity (Wildman–Crippen MR) is 39.1 cm³/mol. The zero-order chi connectivity index (χ0) is 6.97. The van der Waals surface area contributed by atoms with Crippen molar-refractivity contribution in [3.05, 3.63) is 17.3 Å². The number of aromatic amines is 2. The molecule has 0 aliphatic rings. The third kappa shape index (κ3) is 1.39. The molecule has 0 radical (unpaired) electrons. The molecule has 2 aromatic rings. The fourth-order valence-electron chi connectivity index (χ4n) is 0.783. The number of imidazole rings is 1. The van der Waals surface area contributed by atoms with E-state index in [0.717, 1.165) is 11.2 Å². The van der Waals surface area contributed by atoms with Crippen molar-refractivity contribution in [3.8, 4) is 0 Å². The molecule has 0 unspecified atom stereocenters. The predicted octanol–water partition coefficient (Wildman–Crippen LogP) is 1.01. The van der Waals surface area contributed by atoms with Crippen molar-refractivity contribution >= 4 is 23.4 Å². The van der Waals surface area contributed by atoms with Gasteiger partial charge in [-0.2, -0.15) is 0 Å². The van der Waals surface area contributed by atoms with Crippen LogP contribution in [0.3, 0.4) is 0 Å². The number of H-pyrrole nitrogens is 2. The Morgan fingerprint density at radius 1 is 1.18 bits per heavy atom. The summed E-state index contributed by atoms with van der Waals surface area (Å²) in [5.74, 6) is 0. The molecule has 11 heavy (non-hydrogen) atoms. The van der Waals surface area contributed by atoms with Gasteiger partial charge >= 0.3 is 0 Å². The fourth-order valence-corrected chi connectivity index (χ4v) is 0.992. The van der Waals surface area contributed by atoms with Gasteiger partial charge in [0.15, 0.2) is 10.3 Å². The van der Waals surface area contributed by atoms with Crippen LogP contribution in [-0.2, 0) is 21.1 Å². The van der Waals surface area contributed by atoms with E-state index >= 15 is 0 Å². The van der Waals surface area contributed by atoms with E-state index in [9.17, 15) is 0 Å². The average molecular weight is 336 g/mol. The Morgan fingerprint density at radius 2 is 1.91 bits per heavy atom. The van der Waals surface area contributed by atoms with Crippen LogP contribution < -0.4 is 0 Å². The molecule has 2 aromatic heterocycles. The van der Waals surface area contributed by atoms with Crippen LogP contribution in [0.5, 0.6) is 0 Å². The fraction of sp³-hybridized carbons (Fsp3) is 0. The molecular weight excluding hydrogens is 332 g/mol. The molecule has 0 aliphatic carbocycles. The second-order valence-corrected chi connectivity index (χ2v) is 2.22. The van der Waals surface area contributed by atoms with E-state index in [4.69, 9.17) is 12.2 Å². The van der Waals surface area contributed by atoms with Gasteiger partial charge < -0.3 is 9.97 Å². The van der Waals surface area contributed by atoms with Crippen LogP contribution in [-0.4, -0.2) is 19.9 Å². The van der Waals surface area contributed by atoms with Gasteiger partial charge in [0.1, 0.15) is 5.52 Å².